The normalized spacial score (nSPS) is 26.2. The van der Waals surface area contributed by atoms with E-state index in [0.29, 0.717) is 12.8 Å². The molecule has 0 spiro atoms. The first kappa shape index (κ1) is 25.5. The zero-order chi connectivity index (χ0) is 24.0. The van der Waals surface area contributed by atoms with Crippen LogP contribution in [0.2, 0.25) is 0 Å². The molecule has 1 fully saturated rings. The number of amides is 2. The molecule has 0 bridgehead atoms. The minimum atomic E-state index is -1.81. The Labute approximate surface area is 200 Å². The predicted molar refractivity (Wildman–Crippen MR) is 120 cm³/mol. The predicted octanol–water partition coefficient (Wildman–Crippen LogP) is 1.94. The van der Waals surface area contributed by atoms with Crippen LogP contribution < -0.4 is 0 Å². The Bertz CT molecular complexity index is 892. The van der Waals surface area contributed by atoms with Crippen molar-refractivity contribution < 1.29 is 38.8 Å². The minimum Gasteiger partial charge on any atom is -0.447 e. The molecular formula is C23H28BrNO8. The van der Waals surface area contributed by atoms with Crippen molar-refractivity contribution in [2.75, 3.05) is 26.4 Å². The van der Waals surface area contributed by atoms with Gasteiger partial charge in [0, 0.05) is 13.0 Å². The van der Waals surface area contributed by atoms with Gasteiger partial charge in [-0.1, -0.05) is 37.3 Å². The second-order valence-electron chi connectivity index (χ2n) is 8.07. The van der Waals surface area contributed by atoms with Crippen LogP contribution in [0.3, 0.4) is 0 Å². The number of aliphatic hydroxyl groups is 2. The van der Waals surface area contributed by atoms with Gasteiger partial charge in [-0.3, -0.25) is 9.59 Å². The molecule has 2 heterocycles. The van der Waals surface area contributed by atoms with Gasteiger partial charge in [-0.05, 0) is 40.4 Å². The second-order valence-corrected chi connectivity index (χ2v) is 8.93. The molecule has 0 aromatic heterocycles. The summed E-state index contributed by atoms with van der Waals surface area (Å²) in [7, 11) is 0. The lowest BCUT2D eigenvalue weighted by Crippen LogP contribution is -2.52. The highest BCUT2D eigenvalue weighted by molar-refractivity contribution is 9.11. The zero-order valence-corrected chi connectivity index (χ0v) is 19.9. The molecule has 2 amide bonds. The standard InChI is InChI=1S/C23H28BrNO8/c1-15(20-18(27)13-19(24)23(30,33-20)8-5-10-31-11-9-26)21(28)25-17(14-32-22(25)29)12-16-6-3-2-4-7-16/h2-4,6-7,13,15,17,20,26,30H,5,8-12,14H2,1H3/t15-,17-,20-,23+/m0/s1. The minimum absolute atomic E-state index is 0.0644. The van der Waals surface area contributed by atoms with E-state index in [-0.39, 0.29) is 37.3 Å². The third-order valence-electron chi connectivity index (χ3n) is 5.64. The molecule has 2 aliphatic heterocycles. The van der Waals surface area contributed by atoms with Crippen LogP contribution in [0.4, 0.5) is 4.79 Å². The molecule has 3 rings (SSSR count). The van der Waals surface area contributed by atoms with Crippen molar-refractivity contribution in [3.05, 3.63) is 46.5 Å². The number of halogens is 1. The van der Waals surface area contributed by atoms with E-state index in [1.807, 2.05) is 30.3 Å². The molecular weight excluding hydrogens is 498 g/mol. The van der Waals surface area contributed by atoms with Gasteiger partial charge in [-0.2, -0.15) is 0 Å². The van der Waals surface area contributed by atoms with Crippen LogP contribution in [0.1, 0.15) is 25.3 Å². The Balaban J connectivity index is 1.70. The van der Waals surface area contributed by atoms with E-state index < -0.39 is 41.6 Å². The van der Waals surface area contributed by atoms with Gasteiger partial charge < -0.3 is 24.4 Å². The van der Waals surface area contributed by atoms with E-state index in [4.69, 9.17) is 19.3 Å². The number of benzene rings is 1. The van der Waals surface area contributed by atoms with Crippen LogP contribution >= 0.6 is 15.9 Å². The summed E-state index contributed by atoms with van der Waals surface area (Å²) in [6.45, 7) is 1.91. The fourth-order valence-electron chi connectivity index (χ4n) is 3.87. The first-order valence-electron chi connectivity index (χ1n) is 10.8. The molecule has 1 aromatic carbocycles. The summed E-state index contributed by atoms with van der Waals surface area (Å²) in [6.07, 6.45) is 0.0874. The molecule has 1 aromatic rings. The number of aliphatic hydroxyl groups excluding tert-OH is 1. The molecule has 2 aliphatic rings. The van der Waals surface area contributed by atoms with Gasteiger partial charge in [0.15, 0.2) is 11.6 Å². The van der Waals surface area contributed by atoms with E-state index in [1.165, 1.54) is 13.0 Å². The van der Waals surface area contributed by atoms with Crippen LogP contribution in [-0.4, -0.2) is 77.3 Å². The van der Waals surface area contributed by atoms with Gasteiger partial charge in [-0.15, -0.1) is 0 Å². The van der Waals surface area contributed by atoms with Crippen molar-refractivity contribution in [3.8, 4) is 0 Å². The molecule has 9 nitrogen and oxygen atoms in total. The number of hydrogen-bond donors (Lipinski definition) is 2. The summed E-state index contributed by atoms with van der Waals surface area (Å²) in [5, 5.41) is 19.7. The summed E-state index contributed by atoms with van der Waals surface area (Å²) in [4.78, 5) is 39.3. The molecule has 0 unspecified atom stereocenters. The first-order chi connectivity index (χ1) is 15.8. The Morgan fingerprint density at radius 2 is 2.03 bits per heavy atom. The lowest BCUT2D eigenvalue weighted by molar-refractivity contribution is -0.217. The summed E-state index contributed by atoms with van der Waals surface area (Å²) in [5.41, 5.74) is 0.945. The maximum absolute atomic E-state index is 13.3. The van der Waals surface area contributed by atoms with E-state index in [0.717, 1.165) is 10.5 Å². The van der Waals surface area contributed by atoms with Crippen molar-refractivity contribution in [2.24, 2.45) is 5.92 Å². The summed E-state index contributed by atoms with van der Waals surface area (Å²) in [6, 6.07) is 8.91. The third-order valence-corrected chi connectivity index (χ3v) is 6.49. The quantitative estimate of drug-likeness (QED) is 0.444. The number of rotatable bonds is 10. The number of imide groups is 1. The maximum atomic E-state index is 13.3. The van der Waals surface area contributed by atoms with Crippen LogP contribution in [0.5, 0.6) is 0 Å². The van der Waals surface area contributed by atoms with Crippen molar-refractivity contribution in [1.82, 2.24) is 4.90 Å². The Hall–Kier alpha value is -2.11. The lowest BCUT2D eigenvalue weighted by atomic mass is 9.93. The van der Waals surface area contributed by atoms with Crippen LogP contribution in [0.15, 0.2) is 40.9 Å². The average Bonchev–Trinajstić information content (AvgIpc) is 3.16. The molecule has 180 valence electrons. The number of hydrogen-bond acceptors (Lipinski definition) is 8. The molecule has 4 atom stereocenters. The number of ketones is 1. The SMILES string of the molecule is C[C@H](C(=O)N1C(=O)OC[C@@H]1Cc1ccccc1)[C@@H]1O[C@](O)(CCCOCCO)C(Br)=CC1=O. The monoisotopic (exact) mass is 525 g/mol. The molecule has 10 heteroatoms. The van der Waals surface area contributed by atoms with Gasteiger partial charge in [0.2, 0.25) is 5.91 Å². The van der Waals surface area contributed by atoms with E-state index in [2.05, 4.69) is 15.9 Å². The van der Waals surface area contributed by atoms with E-state index in [9.17, 15) is 19.5 Å². The Kier molecular flexibility index (Phi) is 8.77. The van der Waals surface area contributed by atoms with Gasteiger partial charge in [0.25, 0.3) is 0 Å². The smallest absolute Gasteiger partial charge is 0.416 e. The number of cyclic esters (lactones) is 1. The first-order valence-corrected chi connectivity index (χ1v) is 11.6. The zero-order valence-electron chi connectivity index (χ0n) is 18.3. The van der Waals surface area contributed by atoms with Gasteiger partial charge >= 0.3 is 6.09 Å². The van der Waals surface area contributed by atoms with Crippen molar-refractivity contribution in [2.45, 2.75) is 44.1 Å². The molecule has 0 aliphatic carbocycles. The average molecular weight is 526 g/mol. The third kappa shape index (κ3) is 6.07. The number of nitrogens with zero attached hydrogens (tertiary/aromatic N) is 1. The lowest BCUT2D eigenvalue weighted by Gasteiger charge is -2.37. The number of ether oxygens (including phenoxy) is 3. The van der Waals surface area contributed by atoms with Crippen LogP contribution in [0.25, 0.3) is 0 Å². The largest absolute Gasteiger partial charge is 0.447 e. The van der Waals surface area contributed by atoms with E-state index in [1.54, 1.807) is 0 Å². The second kappa shape index (κ2) is 11.3. The molecule has 2 N–H and O–H groups in total. The van der Waals surface area contributed by atoms with Gasteiger partial charge in [-0.25, -0.2) is 9.69 Å². The highest BCUT2D eigenvalue weighted by atomic mass is 79.9. The fraction of sp³-hybridized carbons (Fsp3) is 0.522. The Morgan fingerprint density at radius 1 is 1.30 bits per heavy atom. The molecule has 0 saturated carbocycles. The summed E-state index contributed by atoms with van der Waals surface area (Å²) in [5.74, 6) is -3.94. The number of carbonyl (C=O) groups is 3. The van der Waals surface area contributed by atoms with Crippen molar-refractivity contribution in [3.63, 3.8) is 0 Å². The highest BCUT2D eigenvalue weighted by Crippen LogP contribution is 2.36. The maximum Gasteiger partial charge on any atom is 0.416 e. The van der Waals surface area contributed by atoms with Crippen LogP contribution in [-0.2, 0) is 30.2 Å². The summed E-state index contributed by atoms with van der Waals surface area (Å²) >= 11 is 3.19. The molecule has 33 heavy (non-hydrogen) atoms. The van der Waals surface area contributed by atoms with Crippen molar-refractivity contribution in [1.29, 1.82) is 0 Å². The van der Waals surface area contributed by atoms with E-state index >= 15 is 0 Å². The molecule has 1 saturated heterocycles. The van der Waals surface area contributed by atoms with Crippen molar-refractivity contribution >= 4 is 33.7 Å². The van der Waals surface area contributed by atoms with Crippen LogP contribution in [0, 0.1) is 5.92 Å². The topological polar surface area (TPSA) is 123 Å². The molecule has 0 radical (unpaired) electrons. The Morgan fingerprint density at radius 3 is 2.73 bits per heavy atom. The number of carbonyl (C=O) groups excluding carboxylic acids is 3. The van der Waals surface area contributed by atoms with Gasteiger partial charge in [0.05, 0.1) is 29.7 Å². The summed E-state index contributed by atoms with van der Waals surface area (Å²) < 4.78 is 16.2. The van der Waals surface area contributed by atoms with Gasteiger partial charge in [0.1, 0.15) is 12.7 Å². The highest BCUT2D eigenvalue weighted by Gasteiger charge is 2.48. The fourth-order valence-corrected chi connectivity index (χ4v) is 4.38.